The van der Waals surface area contributed by atoms with E-state index in [9.17, 15) is 4.79 Å². The van der Waals surface area contributed by atoms with Crippen LogP contribution in [0.25, 0.3) is 10.8 Å². The standard InChI is InChI=1S/C16H22N2O2/c1-12(2)20-10-6-5-9-18-15(17)11-13-7-3-4-8-14(13)16(18)19/h3-4,7-8,11-12H,5-6,9-10,17H2,1-2H3. The van der Waals surface area contributed by atoms with Crippen LogP contribution >= 0.6 is 0 Å². The van der Waals surface area contributed by atoms with E-state index in [2.05, 4.69) is 0 Å². The van der Waals surface area contributed by atoms with Gasteiger partial charge < -0.3 is 10.5 Å². The molecule has 0 atom stereocenters. The summed E-state index contributed by atoms with van der Waals surface area (Å²) in [6.07, 6.45) is 2.06. The Hall–Kier alpha value is -1.81. The highest BCUT2D eigenvalue weighted by atomic mass is 16.5. The number of unbranched alkanes of at least 4 members (excludes halogenated alkanes) is 1. The summed E-state index contributed by atoms with van der Waals surface area (Å²) in [5.41, 5.74) is 5.97. The Morgan fingerprint density at radius 2 is 2.00 bits per heavy atom. The molecule has 0 radical (unpaired) electrons. The number of pyridine rings is 1. The third kappa shape index (κ3) is 3.39. The van der Waals surface area contributed by atoms with Gasteiger partial charge in [0.05, 0.1) is 6.10 Å². The molecule has 1 heterocycles. The molecule has 0 aliphatic rings. The molecule has 2 N–H and O–H groups in total. The van der Waals surface area contributed by atoms with Crippen molar-refractivity contribution in [3.8, 4) is 0 Å². The zero-order chi connectivity index (χ0) is 14.5. The maximum Gasteiger partial charge on any atom is 0.259 e. The number of fused-ring (bicyclic) bond motifs is 1. The molecule has 0 fully saturated rings. The average molecular weight is 274 g/mol. The van der Waals surface area contributed by atoms with E-state index in [4.69, 9.17) is 10.5 Å². The first-order valence-corrected chi connectivity index (χ1v) is 7.09. The van der Waals surface area contributed by atoms with Crippen molar-refractivity contribution >= 4 is 16.6 Å². The van der Waals surface area contributed by atoms with Crippen LogP contribution in [0.5, 0.6) is 0 Å². The quantitative estimate of drug-likeness (QED) is 0.824. The van der Waals surface area contributed by atoms with Gasteiger partial charge in [-0.1, -0.05) is 18.2 Å². The Morgan fingerprint density at radius 3 is 2.75 bits per heavy atom. The van der Waals surface area contributed by atoms with Gasteiger partial charge in [-0.05, 0) is 44.2 Å². The number of nitrogens with two attached hydrogens (primary N) is 1. The van der Waals surface area contributed by atoms with Crippen LogP contribution in [-0.4, -0.2) is 17.3 Å². The summed E-state index contributed by atoms with van der Waals surface area (Å²) >= 11 is 0. The van der Waals surface area contributed by atoms with Gasteiger partial charge in [-0.15, -0.1) is 0 Å². The average Bonchev–Trinajstić information content (AvgIpc) is 2.41. The van der Waals surface area contributed by atoms with Crippen LogP contribution < -0.4 is 11.3 Å². The fraction of sp³-hybridized carbons (Fsp3) is 0.438. The van der Waals surface area contributed by atoms with Gasteiger partial charge in [-0.25, -0.2) is 0 Å². The second kappa shape index (κ2) is 6.57. The molecule has 108 valence electrons. The van der Waals surface area contributed by atoms with Crippen molar-refractivity contribution in [3.05, 3.63) is 40.7 Å². The molecule has 1 aromatic heterocycles. The van der Waals surface area contributed by atoms with Crippen molar-refractivity contribution < 1.29 is 4.74 Å². The van der Waals surface area contributed by atoms with Gasteiger partial charge in [0.2, 0.25) is 0 Å². The Kier molecular flexibility index (Phi) is 4.79. The van der Waals surface area contributed by atoms with E-state index in [1.54, 1.807) is 4.57 Å². The summed E-state index contributed by atoms with van der Waals surface area (Å²) in [6, 6.07) is 9.40. The topological polar surface area (TPSA) is 57.2 Å². The molecule has 4 nitrogen and oxygen atoms in total. The Balaban J connectivity index is 2.08. The molecule has 2 rings (SSSR count). The molecule has 2 aromatic rings. The number of hydrogen-bond donors (Lipinski definition) is 1. The predicted octanol–water partition coefficient (Wildman–Crippen LogP) is 2.79. The van der Waals surface area contributed by atoms with Gasteiger partial charge >= 0.3 is 0 Å². The van der Waals surface area contributed by atoms with Crippen molar-refractivity contribution in [2.45, 2.75) is 39.3 Å². The highest BCUT2D eigenvalue weighted by Gasteiger charge is 2.06. The molecule has 0 unspecified atom stereocenters. The molecule has 0 saturated heterocycles. The number of nitrogen functional groups attached to an aromatic ring is 1. The van der Waals surface area contributed by atoms with Crippen molar-refractivity contribution in [2.24, 2.45) is 0 Å². The maximum atomic E-state index is 12.4. The number of hydrogen-bond acceptors (Lipinski definition) is 3. The summed E-state index contributed by atoms with van der Waals surface area (Å²) in [5, 5.41) is 1.62. The Bertz CT molecular complexity index is 632. The second-order valence-electron chi connectivity index (χ2n) is 5.24. The van der Waals surface area contributed by atoms with Crippen LogP contribution in [0.3, 0.4) is 0 Å². The first kappa shape index (κ1) is 14.6. The minimum atomic E-state index is -0.00891. The molecule has 0 spiro atoms. The number of rotatable bonds is 6. The highest BCUT2D eigenvalue weighted by molar-refractivity contribution is 5.83. The van der Waals surface area contributed by atoms with E-state index in [0.29, 0.717) is 12.4 Å². The third-order valence-corrected chi connectivity index (χ3v) is 3.28. The number of nitrogens with zero attached hydrogens (tertiary/aromatic N) is 1. The molecule has 1 aromatic carbocycles. The first-order valence-electron chi connectivity index (χ1n) is 7.09. The smallest absolute Gasteiger partial charge is 0.259 e. The normalized spacial score (nSPS) is 11.3. The van der Waals surface area contributed by atoms with Crippen LogP contribution in [-0.2, 0) is 11.3 Å². The summed E-state index contributed by atoms with van der Waals surface area (Å²) in [5.74, 6) is 0.526. The summed E-state index contributed by atoms with van der Waals surface area (Å²) in [7, 11) is 0. The van der Waals surface area contributed by atoms with Gasteiger partial charge in [0.15, 0.2) is 0 Å². The van der Waals surface area contributed by atoms with Crippen LogP contribution in [0.2, 0.25) is 0 Å². The number of anilines is 1. The van der Waals surface area contributed by atoms with Crippen molar-refractivity contribution in [1.82, 2.24) is 4.57 Å². The van der Waals surface area contributed by atoms with Crippen molar-refractivity contribution in [1.29, 1.82) is 0 Å². The van der Waals surface area contributed by atoms with E-state index in [0.717, 1.165) is 30.2 Å². The van der Waals surface area contributed by atoms with Crippen LogP contribution in [0, 0.1) is 0 Å². The lowest BCUT2D eigenvalue weighted by Gasteiger charge is -2.12. The molecular weight excluding hydrogens is 252 g/mol. The molecule has 0 amide bonds. The molecule has 0 aliphatic carbocycles. The van der Waals surface area contributed by atoms with Gasteiger partial charge in [0.1, 0.15) is 5.82 Å². The number of ether oxygens (including phenoxy) is 1. The second-order valence-corrected chi connectivity index (χ2v) is 5.24. The fourth-order valence-corrected chi connectivity index (χ4v) is 2.24. The summed E-state index contributed by atoms with van der Waals surface area (Å²) in [6.45, 7) is 5.40. The Morgan fingerprint density at radius 1 is 1.25 bits per heavy atom. The lowest BCUT2D eigenvalue weighted by atomic mass is 10.1. The van der Waals surface area contributed by atoms with Gasteiger partial charge in [0, 0.05) is 18.5 Å². The van der Waals surface area contributed by atoms with Crippen molar-refractivity contribution in [3.63, 3.8) is 0 Å². The van der Waals surface area contributed by atoms with Crippen molar-refractivity contribution in [2.75, 3.05) is 12.3 Å². The van der Waals surface area contributed by atoms with E-state index in [1.807, 2.05) is 44.2 Å². The lowest BCUT2D eigenvalue weighted by Crippen LogP contribution is -2.23. The SMILES string of the molecule is CC(C)OCCCCn1c(N)cc2ccccc2c1=O. The lowest BCUT2D eigenvalue weighted by molar-refractivity contribution is 0.0754. The predicted molar refractivity (Wildman–Crippen MR) is 82.9 cm³/mol. The monoisotopic (exact) mass is 274 g/mol. The zero-order valence-electron chi connectivity index (χ0n) is 12.1. The van der Waals surface area contributed by atoms with Crippen LogP contribution in [0.1, 0.15) is 26.7 Å². The maximum absolute atomic E-state index is 12.4. The molecule has 0 saturated carbocycles. The first-order chi connectivity index (χ1) is 9.59. The number of aromatic nitrogens is 1. The van der Waals surface area contributed by atoms with E-state index in [-0.39, 0.29) is 11.7 Å². The highest BCUT2D eigenvalue weighted by Crippen LogP contribution is 2.13. The molecule has 0 aliphatic heterocycles. The largest absolute Gasteiger partial charge is 0.385 e. The van der Waals surface area contributed by atoms with E-state index < -0.39 is 0 Å². The summed E-state index contributed by atoms with van der Waals surface area (Å²) < 4.78 is 7.14. The Labute approximate surface area is 119 Å². The van der Waals surface area contributed by atoms with Gasteiger partial charge in [-0.2, -0.15) is 0 Å². The molecular formula is C16H22N2O2. The molecule has 4 heteroatoms. The van der Waals surface area contributed by atoms with Crippen LogP contribution in [0.15, 0.2) is 35.1 Å². The molecule has 20 heavy (non-hydrogen) atoms. The fourth-order valence-electron chi connectivity index (χ4n) is 2.24. The van der Waals surface area contributed by atoms with E-state index in [1.165, 1.54) is 0 Å². The van der Waals surface area contributed by atoms with Gasteiger partial charge in [0.25, 0.3) is 5.56 Å². The number of benzene rings is 1. The third-order valence-electron chi connectivity index (χ3n) is 3.28. The minimum Gasteiger partial charge on any atom is -0.385 e. The van der Waals surface area contributed by atoms with E-state index >= 15 is 0 Å². The van der Waals surface area contributed by atoms with Gasteiger partial charge in [-0.3, -0.25) is 9.36 Å². The molecule has 0 bridgehead atoms. The van der Waals surface area contributed by atoms with Crippen LogP contribution in [0.4, 0.5) is 5.82 Å². The summed E-state index contributed by atoms with van der Waals surface area (Å²) in [4.78, 5) is 12.4. The zero-order valence-corrected chi connectivity index (χ0v) is 12.1. The minimum absolute atomic E-state index is 0.00891.